The lowest BCUT2D eigenvalue weighted by atomic mass is 10.2. The highest BCUT2D eigenvalue weighted by Gasteiger charge is 2.15. The summed E-state index contributed by atoms with van der Waals surface area (Å²) in [5.74, 6) is -1.67. The third kappa shape index (κ3) is 5.07. The van der Waals surface area contributed by atoms with E-state index in [9.17, 15) is 18.8 Å². The predicted molar refractivity (Wildman–Crippen MR) is 103 cm³/mol. The van der Waals surface area contributed by atoms with Gasteiger partial charge in [-0.15, -0.1) is 0 Å². The van der Waals surface area contributed by atoms with Crippen LogP contribution in [0.1, 0.15) is 20.9 Å². The van der Waals surface area contributed by atoms with E-state index in [-0.39, 0.29) is 17.5 Å². The van der Waals surface area contributed by atoms with E-state index in [1.54, 1.807) is 30.3 Å². The molecule has 2 N–H and O–H groups in total. The minimum absolute atomic E-state index is 0.0768. The van der Waals surface area contributed by atoms with E-state index >= 15 is 0 Å². The average Bonchev–Trinajstić information content (AvgIpc) is 3.23. The van der Waals surface area contributed by atoms with E-state index in [0.29, 0.717) is 22.6 Å². The van der Waals surface area contributed by atoms with Gasteiger partial charge in [-0.1, -0.05) is 0 Å². The van der Waals surface area contributed by atoms with E-state index in [1.165, 1.54) is 37.4 Å². The fourth-order valence-electron chi connectivity index (χ4n) is 2.47. The Labute approximate surface area is 165 Å². The summed E-state index contributed by atoms with van der Waals surface area (Å²) in [7, 11) is 1.52. The lowest BCUT2D eigenvalue weighted by molar-refractivity contribution is -0.119. The number of rotatable bonds is 6. The summed E-state index contributed by atoms with van der Waals surface area (Å²) < 4.78 is 23.3. The third-order valence-electron chi connectivity index (χ3n) is 3.93. The number of hydrogen-bond donors (Lipinski definition) is 2. The Morgan fingerprint density at radius 3 is 2.31 bits per heavy atom. The highest BCUT2D eigenvalue weighted by molar-refractivity contribution is 5.96. The third-order valence-corrected chi connectivity index (χ3v) is 3.93. The standard InChI is InChI=1S/C21H17FN2O5/c1-23-20(26)14-4-8-16(9-5-14)24-19(25)12-28-21(27)18-11-10-17(29-18)13-2-6-15(22)7-3-13/h2-11H,12H2,1H3,(H,23,26)(H,24,25). The van der Waals surface area contributed by atoms with Gasteiger partial charge in [-0.05, 0) is 60.7 Å². The molecule has 0 saturated carbocycles. The molecule has 2 aromatic carbocycles. The van der Waals surface area contributed by atoms with Gasteiger partial charge in [-0.25, -0.2) is 9.18 Å². The molecule has 0 fully saturated rings. The van der Waals surface area contributed by atoms with Crippen LogP contribution in [0, 0.1) is 5.82 Å². The fourth-order valence-corrected chi connectivity index (χ4v) is 2.47. The van der Waals surface area contributed by atoms with Gasteiger partial charge in [0.25, 0.3) is 11.8 Å². The van der Waals surface area contributed by atoms with Crippen molar-refractivity contribution in [3.05, 3.63) is 77.8 Å². The molecule has 2 amide bonds. The molecule has 0 saturated heterocycles. The maximum absolute atomic E-state index is 13.0. The summed E-state index contributed by atoms with van der Waals surface area (Å²) in [6, 6.07) is 14.8. The second-order valence-electron chi connectivity index (χ2n) is 5.95. The zero-order chi connectivity index (χ0) is 20.8. The van der Waals surface area contributed by atoms with E-state index in [2.05, 4.69) is 10.6 Å². The molecule has 0 aliphatic carbocycles. The number of anilines is 1. The van der Waals surface area contributed by atoms with Gasteiger partial charge >= 0.3 is 5.97 Å². The number of halogens is 1. The molecule has 0 unspecified atom stereocenters. The number of carbonyl (C=O) groups excluding carboxylic acids is 3. The summed E-state index contributed by atoms with van der Waals surface area (Å²) in [6.45, 7) is -0.511. The monoisotopic (exact) mass is 396 g/mol. The molecule has 0 atom stereocenters. The first-order valence-electron chi connectivity index (χ1n) is 8.61. The van der Waals surface area contributed by atoms with Crippen molar-refractivity contribution < 1.29 is 27.9 Å². The van der Waals surface area contributed by atoms with Crippen molar-refractivity contribution in [1.29, 1.82) is 0 Å². The fraction of sp³-hybridized carbons (Fsp3) is 0.0952. The first kappa shape index (κ1) is 19.8. The molecule has 1 heterocycles. The molecule has 0 radical (unpaired) electrons. The van der Waals surface area contributed by atoms with E-state index in [4.69, 9.17) is 9.15 Å². The van der Waals surface area contributed by atoms with Crippen molar-refractivity contribution >= 4 is 23.5 Å². The first-order valence-corrected chi connectivity index (χ1v) is 8.61. The number of ether oxygens (including phenoxy) is 1. The lowest BCUT2D eigenvalue weighted by Crippen LogP contribution is -2.21. The Bertz CT molecular complexity index is 1030. The van der Waals surface area contributed by atoms with Gasteiger partial charge in [-0.2, -0.15) is 0 Å². The molecule has 1 aromatic heterocycles. The van der Waals surface area contributed by atoms with Crippen LogP contribution in [-0.2, 0) is 9.53 Å². The van der Waals surface area contributed by atoms with E-state index < -0.39 is 18.5 Å². The van der Waals surface area contributed by atoms with Crippen LogP contribution >= 0.6 is 0 Å². The highest BCUT2D eigenvalue weighted by atomic mass is 19.1. The van der Waals surface area contributed by atoms with Crippen LogP contribution in [0.4, 0.5) is 10.1 Å². The molecule has 8 heteroatoms. The Morgan fingerprint density at radius 1 is 0.966 bits per heavy atom. The van der Waals surface area contributed by atoms with Crippen LogP contribution in [0.25, 0.3) is 11.3 Å². The molecule has 3 aromatic rings. The minimum atomic E-state index is -0.802. The molecule has 7 nitrogen and oxygen atoms in total. The summed E-state index contributed by atoms with van der Waals surface area (Å²) in [5.41, 5.74) is 1.50. The van der Waals surface area contributed by atoms with Crippen molar-refractivity contribution in [3.8, 4) is 11.3 Å². The molecule has 0 spiro atoms. The summed E-state index contributed by atoms with van der Waals surface area (Å²) in [6.07, 6.45) is 0. The van der Waals surface area contributed by atoms with Gasteiger partial charge < -0.3 is 19.8 Å². The molecule has 3 rings (SSSR count). The Kier molecular flexibility index (Phi) is 6.03. The van der Waals surface area contributed by atoms with Crippen LogP contribution in [-0.4, -0.2) is 31.4 Å². The topological polar surface area (TPSA) is 97.6 Å². The van der Waals surface area contributed by atoms with Crippen LogP contribution in [0.15, 0.2) is 65.1 Å². The average molecular weight is 396 g/mol. The quantitative estimate of drug-likeness (QED) is 0.624. The number of hydrogen-bond acceptors (Lipinski definition) is 5. The molecule has 0 aliphatic rings. The minimum Gasteiger partial charge on any atom is -0.450 e. The number of nitrogens with one attached hydrogen (secondary N) is 2. The highest BCUT2D eigenvalue weighted by Crippen LogP contribution is 2.22. The smallest absolute Gasteiger partial charge is 0.374 e. The van der Waals surface area contributed by atoms with Gasteiger partial charge in [-0.3, -0.25) is 9.59 Å². The Morgan fingerprint density at radius 2 is 1.66 bits per heavy atom. The summed E-state index contributed by atoms with van der Waals surface area (Å²) in [5, 5.41) is 5.05. The SMILES string of the molecule is CNC(=O)c1ccc(NC(=O)COC(=O)c2ccc(-c3ccc(F)cc3)o2)cc1. The van der Waals surface area contributed by atoms with Gasteiger partial charge in [0.05, 0.1) is 0 Å². The molecular weight excluding hydrogens is 379 g/mol. The predicted octanol–water partition coefficient (Wildman–Crippen LogP) is 3.24. The zero-order valence-electron chi connectivity index (χ0n) is 15.4. The van der Waals surface area contributed by atoms with Gasteiger partial charge in [0.1, 0.15) is 11.6 Å². The van der Waals surface area contributed by atoms with Gasteiger partial charge in [0, 0.05) is 23.9 Å². The summed E-state index contributed by atoms with van der Waals surface area (Å²) >= 11 is 0. The normalized spacial score (nSPS) is 10.3. The second-order valence-corrected chi connectivity index (χ2v) is 5.95. The molecule has 29 heavy (non-hydrogen) atoms. The second kappa shape index (κ2) is 8.83. The first-order chi connectivity index (χ1) is 14.0. The van der Waals surface area contributed by atoms with Crippen molar-refractivity contribution in [2.75, 3.05) is 19.0 Å². The maximum Gasteiger partial charge on any atom is 0.374 e. The Hall–Kier alpha value is -3.94. The Balaban J connectivity index is 1.53. The van der Waals surface area contributed by atoms with E-state index in [0.717, 1.165) is 0 Å². The number of benzene rings is 2. The van der Waals surface area contributed by atoms with Crippen molar-refractivity contribution in [1.82, 2.24) is 5.32 Å². The molecule has 0 bridgehead atoms. The van der Waals surface area contributed by atoms with Crippen LogP contribution in [0.3, 0.4) is 0 Å². The molecule has 0 aliphatic heterocycles. The maximum atomic E-state index is 13.0. The lowest BCUT2D eigenvalue weighted by Gasteiger charge is -2.06. The van der Waals surface area contributed by atoms with Crippen LogP contribution < -0.4 is 10.6 Å². The molecule has 148 valence electrons. The largest absolute Gasteiger partial charge is 0.450 e. The number of amides is 2. The van der Waals surface area contributed by atoms with E-state index in [1.807, 2.05) is 0 Å². The number of esters is 1. The number of furan rings is 1. The van der Waals surface area contributed by atoms with Crippen molar-refractivity contribution in [2.24, 2.45) is 0 Å². The zero-order valence-corrected chi connectivity index (χ0v) is 15.4. The van der Waals surface area contributed by atoms with Crippen molar-refractivity contribution in [2.45, 2.75) is 0 Å². The molecular formula is C21H17FN2O5. The van der Waals surface area contributed by atoms with Crippen LogP contribution in [0.2, 0.25) is 0 Å². The van der Waals surface area contributed by atoms with Gasteiger partial charge in [0.15, 0.2) is 6.61 Å². The van der Waals surface area contributed by atoms with Crippen molar-refractivity contribution in [3.63, 3.8) is 0 Å². The van der Waals surface area contributed by atoms with Gasteiger partial charge in [0.2, 0.25) is 5.76 Å². The number of carbonyl (C=O) groups is 3. The van der Waals surface area contributed by atoms with Crippen LogP contribution in [0.5, 0.6) is 0 Å². The summed E-state index contributed by atoms with van der Waals surface area (Å²) in [4.78, 5) is 35.5.